The molecular formula is C10H14N2O3S. The summed E-state index contributed by atoms with van der Waals surface area (Å²) in [6.07, 6.45) is 2.93. The van der Waals surface area contributed by atoms with E-state index >= 15 is 0 Å². The molecule has 1 N–H and O–H groups in total. The Labute approximate surface area is 97.8 Å². The van der Waals surface area contributed by atoms with E-state index in [0.29, 0.717) is 12.6 Å². The van der Waals surface area contributed by atoms with Crippen molar-refractivity contribution in [3.63, 3.8) is 0 Å². The van der Waals surface area contributed by atoms with Gasteiger partial charge in [0.2, 0.25) is 0 Å². The Hall–Kier alpha value is -1.01. The van der Waals surface area contributed by atoms with Crippen molar-refractivity contribution < 1.29 is 14.6 Å². The number of carboxylic acids is 1. The van der Waals surface area contributed by atoms with Gasteiger partial charge in [0.25, 0.3) is 0 Å². The molecule has 0 amide bonds. The molecule has 2 rings (SSSR count). The van der Waals surface area contributed by atoms with Crippen molar-refractivity contribution in [2.75, 3.05) is 19.0 Å². The second-order valence-electron chi connectivity index (χ2n) is 3.77. The highest BCUT2D eigenvalue weighted by molar-refractivity contribution is 7.99. The van der Waals surface area contributed by atoms with Gasteiger partial charge in [-0.2, -0.15) is 0 Å². The van der Waals surface area contributed by atoms with Gasteiger partial charge in [0.1, 0.15) is 0 Å². The van der Waals surface area contributed by atoms with Crippen LogP contribution in [0, 0.1) is 6.92 Å². The Morgan fingerprint density at radius 2 is 2.62 bits per heavy atom. The molecule has 0 aliphatic carbocycles. The second-order valence-corrected chi connectivity index (χ2v) is 4.71. The Balaban J connectivity index is 2.12. The number of hydrogen-bond donors (Lipinski definition) is 1. The van der Waals surface area contributed by atoms with Crippen molar-refractivity contribution in [3.05, 3.63) is 11.9 Å². The van der Waals surface area contributed by atoms with Crippen molar-refractivity contribution in [2.24, 2.45) is 0 Å². The summed E-state index contributed by atoms with van der Waals surface area (Å²) in [5.41, 5.74) is 0.916. The van der Waals surface area contributed by atoms with Gasteiger partial charge in [0.15, 0.2) is 5.16 Å². The molecule has 88 valence electrons. The van der Waals surface area contributed by atoms with E-state index in [1.54, 1.807) is 0 Å². The maximum absolute atomic E-state index is 10.5. The van der Waals surface area contributed by atoms with Crippen LogP contribution in [0.25, 0.3) is 0 Å². The quantitative estimate of drug-likeness (QED) is 0.807. The van der Waals surface area contributed by atoms with Crippen LogP contribution in [-0.4, -0.2) is 39.6 Å². The standard InChI is InChI=1S/C10H14N2O3S/c1-7-4-12(8-2-3-15-5-8)10(11-7)16-6-9(13)14/h4,8H,2-3,5-6H2,1H3,(H,13,14). The first-order valence-electron chi connectivity index (χ1n) is 5.14. The normalized spacial score (nSPS) is 20.2. The van der Waals surface area contributed by atoms with Crippen molar-refractivity contribution in [1.29, 1.82) is 0 Å². The molecule has 0 saturated carbocycles. The molecule has 0 radical (unpaired) electrons. The Kier molecular flexibility index (Phi) is 3.50. The first kappa shape index (κ1) is 11.5. The minimum atomic E-state index is -0.820. The fourth-order valence-electron chi connectivity index (χ4n) is 1.73. The van der Waals surface area contributed by atoms with Crippen LogP contribution in [0.5, 0.6) is 0 Å². The van der Waals surface area contributed by atoms with Gasteiger partial charge in [-0.1, -0.05) is 11.8 Å². The van der Waals surface area contributed by atoms with E-state index < -0.39 is 5.97 Å². The summed E-state index contributed by atoms with van der Waals surface area (Å²) < 4.78 is 7.36. The van der Waals surface area contributed by atoms with E-state index in [4.69, 9.17) is 9.84 Å². The molecule has 6 heteroatoms. The molecule has 1 saturated heterocycles. The van der Waals surface area contributed by atoms with Crippen molar-refractivity contribution in [1.82, 2.24) is 9.55 Å². The summed E-state index contributed by atoms with van der Waals surface area (Å²) in [4.78, 5) is 14.9. The molecule has 5 nitrogen and oxygen atoms in total. The van der Waals surface area contributed by atoms with Crippen molar-refractivity contribution >= 4 is 17.7 Å². The molecule has 1 unspecified atom stereocenters. The van der Waals surface area contributed by atoms with Crippen molar-refractivity contribution in [3.8, 4) is 0 Å². The predicted octanol–water partition coefficient (Wildman–Crippen LogP) is 1.33. The molecule has 0 bridgehead atoms. The molecule has 1 aromatic heterocycles. The zero-order valence-corrected chi connectivity index (χ0v) is 9.87. The predicted molar refractivity (Wildman–Crippen MR) is 59.8 cm³/mol. The first-order chi connectivity index (χ1) is 7.66. The van der Waals surface area contributed by atoms with Gasteiger partial charge >= 0.3 is 5.97 Å². The molecule has 2 heterocycles. The monoisotopic (exact) mass is 242 g/mol. The maximum atomic E-state index is 10.5. The van der Waals surface area contributed by atoms with Crippen LogP contribution in [0.2, 0.25) is 0 Å². The SMILES string of the molecule is Cc1cn(C2CCOC2)c(SCC(=O)O)n1. The number of carboxylic acid groups (broad SMARTS) is 1. The summed E-state index contributed by atoms with van der Waals surface area (Å²) in [7, 11) is 0. The van der Waals surface area contributed by atoms with E-state index in [2.05, 4.69) is 4.98 Å². The molecule has 1 aromatic rings. The number of hydrogen-bond acceptors (Lipinski definition) is 4. The largest absolute Gasteiger partial charge is 0.481 e. The number of ether oxygens (including phenoxy) is 1. The highest BCUT2D eigenvalue weighted by atomic mass is 32.2. The summed E-state index contributed by atoms with van der Waals surface area (Å²) in [6, 6.07) is 0.303. The number of carbonyl (C=O) groups is 1. The summed E-state index contributed by atoms with van der Waals surface area (Å²) >= 11 is 1.26. The van der Waals surface area contributed by atoms with Crippen LogP contribution in [0.4, 0.5) is 0 Å². The fourth-order valence-corrected chi connectivity index (χ4v) is 2.54. The maximum Gasteiger partial charge on any atom is 0.313 e. The van der Waals surface area contributed by atoms with Gasteiger partial charge in [-0.3, -0.25) is 4.79 Å². The Morgan fingerprint density at radius 1 is 1.81 bits per heavy atom. The third-order valence-electron chi connectivity index (χ3n) is 2.44. The van der Waals surface area contributed by atoms with E-state index in [-0.39, 0.29) is 5.75 Å². The summed E-state index contributed by atoms with van der Waals surface area (Å²) in [5.74, 6) is -0.774. The van der Waals surface area contributed by atoms with Crippen LogP contribution in [0.3, 0.4) is 0 Å². The molecule has 16 heavy (non-hydrogen) atoms. The zero-order chi connectivity index (χ0) is 11.5. The van der Waals surface area contributed by atoms with Gasteiger partial charge in [-0.15, -0.1) is 0 Å². The average molecular weight is 242 g/mol. The smallest absolute Gasteiger partial charge is 0.313 e. The lowest BCUT2D eigenvalue weighted by atomic mass is 10.2. The van der Waals surface area contributed by atoms with Gasteiger partial charge < -0.3 is 14.4 Å². The van der Waals surface area contributed by atoms with Gasteiger partial charge in [0.05, 0.1) is 24.1 Å². The topological polar surface area (TPSA) is 64.3 Å². The zero-order valence-electron chi connectivity index (χ0n) is 9.05. The third kappa shape index (κ3) is 2.56. The molecule has 0 aromatic carbocycles. The van der Waals surface area contributed by atoms with E-state index in [9.17, 15) is 4.79 Å². The summed E-state index contributed by atoms with van der Waals surface area (Å²) in [5, 5.41) is 9.43. The van der Waals surface area contributed by atoms with E-state index in [1.807, 2.05) is 17.7 Å². The van der Waals surface area contributed by atoms with Gasteiger partial charge in [0, 0.05) is 12.8 Å². The number of nitrogens with zero attached hydrogens (tertiary/aromatic N) is 2. The minimum absolute atomic E-state index is 0.0457. The van der Waals surface area contributed by atoms with Crippen LogP contribution in [-0.2, 0) is 9.53 Å². The molecule has 1 fully saturated rings. The van der Waals surface area contributed by atoms with E-state index in [1.165, 1.54) is 11.8 Å². The number of aryl methyl sites for hydroxylation is 1. The minimum Gasteiger partial charge on any atom is -0.481 e. The molecule has 1 atom stereocenters. The Morgan fingerprint density at radius 3 is 3.25 bits per heavy atom. The lowest BCUT2D eigenvalue weighted by molar-refractivity contribution is -0.133. The molecule has 1 aliphatic heterocycles. The third-order valence-corrected chi connectivity index (χ3v) is 3.39. The van der Waals surface area contributed by atoms with Crippen molar-refractivity contribution in [2.45, 2.75) is 24.5 Å². The highest BCUT2D eigenvalue weighted by Gasteiger charge is 2.21. The lowest BCUT2D eigenvalue weighted by Crippen LogP contribution is -2.09. The molecular weight excluding hydrogens is 228 g/mol. The summed E-state index contributed by atoms with van der Waals surface area (Å²) in [6.45, 7) is 3.37. The average Bonchev–Trinajstić information content (AvgIpc) is 2.82. The van der Waals surface area contributed by atoms with Crippen LogP contribution in [0.1, 0.15) is 18.2 Å². The van der Waals surface area contributed by atoms with Gasteiger partial charge in [-0.05, 0) is 13.3 Å². The highest BCUT2D eigenvalue weighted by Crippen LogP contribution is 2.26. The van der Waals surface area contributed by atoms with Crippen LogP contribution >= 0.6 is 11.8 Å². The Bertz CT molecular complexity index is 385. The second kappa shape index (κ2) is 4.88. The fraction of sp³-hybridized carbons (Fsp3) is 0.600. The van der Waals surface area contributed by atoms with Gasteiger partial charge in [-0.25, -0.2) is 4.98 Å². The lowest BCUT2D eigenvalue weighted by Gasteiger charge is -2.12. The molecule has 1 aliphatic rings. The van der Waals surface area contributed by atoms with E-state index in [0.717, 1.165) is 23.9 Å². The molecule has 0 spiro atoms. The number of aromatic nitrogens is 2. The first-order valence-corrected chi connectivity index (χ1v) is 6.13. The van der Waals surface area contributed by atoms with Crippen LogP contribution < -0.4 is 0 Å². The number of rotatable bonds is 4. The van der Waals surface area contributed by atoms with Crippen LogP contribution in [0.15, 0.2) is 11.4 Å². The number of thioether (sulfide) groups is 1. The number of imidazole rings is 1. The number of aliphatic carboxylic acids is 1.